The molecule has 0 spiro atoms. The summed E-state index contributed by atoms with van der Waals surface area (Å²) in [6, 6.07) is 3.39. The van der Waals surface area contributed by atoms with E-state index in [0.717, 1.165) is 55.0 Å². The SMILES string of the molecule is CCCCCCCCCCCCC(N)C(=O)NC(CCCCCCCCCCCC)C(=O)N[C@@H](CCC(=O)O)C(=O)N[C@@H](Cc1c[nH]c2ccccc12)C(N)=O. The van der Waals surface area contributed by atoms with Crippen LogP contribution in [0.5, 0.6) is 0 Å². The van der Waals surface area contributed by atoms with Crippen LogP contribution in [0.4, 0.5) is 0 Å². The molecule has 0 radical (unpaired) electrons. The molecule has 0 aliphatic rings. The normalized spacial score (nSPS) is 13.5. The number of nitrogens with two attached hydrogens (primary N) is 2. The number of carbonyl (C=O) groups is 5. The fraction of sp³-hybridized carbons (Fsp3) is 0.705. The predicted molar refractivity (Wildman–Crippen MR) is 225 cm³/mol. The number of hydrogen-bond acceptors (Lipinski definition) is 6. The molecule has 0 fully saturated rings. The molecule has 12 nitrogen and oxygen atoms in total. The van der Waals surface area contributed by atoms with Gasteiger partial charge in [-0.2, -0.15) is 0 Å². The van der Waals surface area contributed by atoms with Crippen LogP contribution < -0.4 is 27.4 Å². The molecule has 4 amide bonds. The minimum Gasteiger partial charge on any atom is -0.481 e. The summed E-state index contributed by atoms with van der Waals surface area (Å²) in [7, 11) is 0. The Bertz CT molecular complexity index is 1430. The van der Waals surface area contributed by atoms with Gasteiger partial charge in [-0.15, -0.1) is 0 Å². The quantitative estimate of drug-likeness (QED) is 0.0356. The maximum Gasteiger partial charge on any atom is 0.303 e. The Morgan fingerprint density at radius 1 is 0.607 bits per heavy atom. The zero-order valence-electron chi connectivity index (χ0n) is 34.5. The van der Waals surface area contributed by atoms with Crippen LogP contribution in [0.2, 0.25) is 0 Å². The summed E-state index contributed by atoms with van der Waals surface area (Å²) < 4.78 is 0. The molecule has 12 heteroatoms. The average molecular weight is 783 g/mol. The lowest BCUT2D eigenvalue weighted by atomic mass is 10.0. The van der Waals surface area contributed by atoms with Gasteiger partial charge in [0, 0.05) is 29.9 Å². The van der Waals surface area contributed by atoms with E-state index in [4.69, 9.17) is 11.5 Å². The van der Waals surface area contributed by atoms with E-state index >= 15 is 0 Å². The van der Waals surface area contributed by atoms with E-state index in [0.29, 0.717) is 19.3 Å². The number of primary amides is 1. The van der Waals surface area contributed by atoms with Gasteiger partial charge in [0.05, 0.1) is 6.04 Å². The number of hydrogen-bond donors (Lipinski definition) is 7. The first-order valence-corrected chi connectivity index (χ1v) is 21.8. The largest absolute Gasteiger partial charge is 0.481 e. The van der Waals surface area contributed by atoms with Crippen molar-refractivity contribution in [2.45, 2.75) is 199 Å². The third kappa shape index (κ3) is 20.3. The third-order valence-electron chi connectivity index (χ3n) is 10.7. The summed E-state index contributed by atoms with van der Waals surface area (Å²) in [6.07, 6.45) is 24.9. The molecule has 1 heterocycles. The summed E-state index contributed by atoms with van der Waals surface area (Å²) >= 11 is 0. The second-order valence-electron chi connectivity index (χ2n) is 15.6. The Hall–Kier alpha value is -3.93. The number of rotatable bonds is 34. The zero-order chi connectivity index (χ0) is 41.0. The fourth-order valence-electron chi connectivity index (χ4n) is 7.19. The van der Waals surface area contributed by atoms with Crippen LogP contribution in [0.1, 0.15) is 174 Å². The first-order chi connectivity index (χ1) is 27.1. The van der Waals surface area contributed by atoms with Gasteiger partial charge in [-0.25, -0.2) is 0 Å². The van der Waals surface area contributed by atoms with Crippen LogP contribution in [-0.2, 0) is 30.4 Å². The molecule has 4 atom stereocenters. The molecule has 1 aromatic heterocycles. The Morgan fingerprint density at radius 2 is 1.05 bits per heavy atom. The highest BCUT2D eigenvalue weighted by Gasteiger charge is 2.30. The highest BCUT2D eigenvalue weighted by Crippen LogP contribution is 2.20. The van der Waals surface area contributed by atoms with Gasteiger partial charge in [0.15, 0.2) is 0 Å². The van der Waals surface area contributed by atoms with Gasteiger partial charge in [0.2, 0.25) is 23.6 Å². The Kier molecular flexibility index (Phi) is 25.3. The molecule has 1 aromatic carbocycles. The van der Waals surface area contributed by atoms with Gasteiger partial charge in [0.25, 0.3) is 0 Å². The average Bonchev–Trinajstić information content (AvgIpc) is 3.59. The molecule has 0 saturated carbocycles. The number of carboxylic acid groups (broad SMARTS) is 1. The van der Waals surface area contributed by atoms with E-state index < -0.39 is 60.2 Å². The number of aromatic amines is 1. The van der Waals surface area contributed by atoms with E-state index in [-0.39, 0.29) is 12.8 Å². The summed E-state index contributed by atoms with van der Waals surface area (Å²) in [5.74, 6) is -3.67. The maximum absolute atomic E-state index is 13.8. The maximum atomic E-state index is 13.8. The van der Waals surface area contributed by atoms with Crippen LogP contribution in [0.15, 0.2) is 30.5 Å². The van der Waals surface area contributed by atoms with Crippen LogP contribution in [-0.4, -0.2) is 63.9 Å². The van der Waals surface area contributed by atoms with Gasteiger partial charge >= 0.3 is 5.97 Å². The summed E-state index contributed by atoms with van der Waals surface area (Å²) in [6.45, 7) is 4.43. The van der Waals surface area contributed by atoms with Crippen LogP contribution in [0, 0.1) is 0 Å². The second-order valence-corrected chi connectivity index (χ2v) is 15.6. The van der Waals surface area contributed by atoms with Crippen molar-refractivity contribution in [1.29, 1.82) is 0 Å². The fourth-order valence-corrected chi connectivity index (χ4v) is 7.19. The van der Waals surface area contributed by atoms with Crippen molar-refractivity contribution in [3.05, 3.63) is 36.0 Å². The van der Waals surface area contributed by atoms with Gasteiger partial charge < -0.3 is 37.5 Å². The number of carbonyl (C=O) groups excluding carboxylic acids is 4. The van der Waals surface area contributed by atoms with Crippen molar-refractivity contribution in [3.8, 4) is 0 Å². The lowest BCUT2D eigenvalue weighted by molar-refractivity contribution is -0.138. The molecule has 0 bridgehead atoms. The highest BCUT2D eigenvalue weighted by molar-refractivity contribution is 5.95. The van der Waals surface area contributed by atoms with E-state index in [1.807, 2.05) is 24.3 Å². The van der Waals surface area contributed by atoms with Crippen molar-refractivity contribution in [1.82, 2.24) is 20.9 Å². The first-order valence-electron chi connectivity index (χ1n) is 21.8. The second kappa shape index (κ2) is 29.3. The molecule has 0 aliphatic carbocycles. The number of amides is 4. The molecule has 2 rings (SSSR count). The Labute approximate surface area is 335 Å². The molecule has 2 unspecified atom stereocenters. The Balaban J connectivity index is 2.04. The standard InChI is InChI=1S/C44H74N6O6/c1-3-5-7-9-11-13-15-17-19-21-26-35(45)42(54)48-37(28-22-20-18-16-14-12-10-8-6-4-2)43(55)49-38(29-30-40(51)52)44(56)50-39(41(46)53)31-33-32-47-36-27-24-23-25-34(33)36/h23-25,27,32,35,37-39,47H,3-22,26,28-31,45H2,1-2H3,(H2,46,53)(H,48,54)(H,49,55)(H,50,56)(H,51,52)/t35?,37?,38-,39-/m0/s1. The van der Waals surface area contributed by atoms with Crippen LogP contribution in [0.25, 0.3) is 10.9 Å². The number of carboxylic acids is 1. The lowest BCUT2D eigenvalue weighted by Crippen LogP contribution is -2.57. The molecular formula is C44H74N6O6. The van der Waals surface area contributed by atoms with Gasteiger partial charge in [-0.1, -0.05) is 160 Å². The zero-order valence-corrected chi connectivity index (χ0v) is 34.5. The number of unbranched alkanes of at least 4 members (excludes halogenated alkanes) is 18. The van der Waals surface area contributed by atoms with E-state index in [2.05, 4.69) is 34.8 Å². The smallest absolute Gasteiger partial charge is 0.303 e. The number of nitrogens with one attached hydrogen (secondary N) is 4. The summed E-state index contributed by atoms with van der Waals surface area (Å²) in [5.41, 5.74) is 13.7. The molecular weight excluding hydrogens is 709 g/mol. The van der Waals surface area contributed by atoms with Crippen LogP contribution in [0.3, 0.4) is 0 Å². The van der Waals surface area contributed by atoms with Crippen LogP contribution >= 0.6 is 0 Å². The van der Waals surface area contributed by atoms with Crippen molar-refractivity contribution >= 4 is 40.5 Å². The Morgan fingerprint density at radius 3 is 1.57 bits per heavy atom. The molecule has 316 valence electrons. The summed E-state index contributed by atoms with van der Waals surface area (Å²) in [5, 5.41) is 18.5. The molecule has 56 heavy (non-hydrogen) atoms. The molecule has 9 N–H and O–H groups in total. The number of benzene rings is 1. The third-order valence-corrected chi connectivity index (χ3v) is 10.7. The van der Waals surface area contributed by atoms with Crippen molar-refractivity contribution < 1.29 is 29.1 Å². The highest BCUT2D eigenvalue weighted by atomic mass is 16.4. The van der Waals surface area contributed by atoms with Crippen molar-refractivity contribution in [2.24, 2.45) is 11.5 Å². The van der Waals surface area contributed by atoms with Gasteiger partial charge in [-0.3, -0.25) is 24.0 Å². The summed E-state index contributed by atoms with van der Waals surface area (Å²) in [4.78, 5) is 68.0. The minimum atomic E-state index is -1.28. The van der Waals surface area contributed by atoms with Crippen molar-refractivity contribution in [2.75, 3.05) is 0 Å². The molecule has 0 aliphatic heterocycles. The number of para-hydroxylation sites is 1. The van der Waals surface area contributed by atoms with Gasteiger partial charge in [-0.05, 0) is 30.9 Å². The van der Waals surface area contributed by atoms with E-state index in [1.165, 1.54) is 83.5 Å². The van der Waals surface area contributed by atoms with E-state index in [9.17, 15) is 29.1 Å². The molecule has 0 saturated heterocycles. The number of aliphatic carboxylic acids is 1. The minimum absolute atomic E-state index is 0.0963. The predicted octanol–water partition coefficient (Wildman–Crippen LogP) is 7.46. The van der Waals surface area contributed by atoms with Crippen molar-refractivity contribution in [3.63, 3.8) is 0 Å². The van der Waals surface area contributed by atoms with E-state index in [1.54, 1.807) is 6.20 Å². The monoisotopic (exact) mass is 783 g/mol. The number of H-pyrrole nitrogens is 1. The number of aromatic nitrogens is 1. The topological polar surface area (TPSA) is 210 Å². The molecule has 2 aromatic rings. The van der Waals surface area contributed by atoms with Gasteiger partial charge in [0.1, 0.15) is 18.1 Å². The first kappa shape index (κ1) is 48.2. The number of fused-ring (bicyclic) bond motifs is 1. The lowest BCUT2D eigenvalue weighted by Gasteiger charge is -2.25.